The van der Waals surface area contributed by atoms with Crippen molar-refractivity contribution in [1.29, 1.82) is 0 Å². The lowest BCUT2D eigenvalue weighted by molar-refractivity contribution is 1.01. The first-order valence-corrected chi connectivity index (χ1v) is 10.1. The van der Waals surface area contributed by atoms with Crippen molar-refractivity contribution in [2.24, 2.45) is 4.99 Å². The molecule has 3 aromatic carbocycles. The van der Waals surface area contributed by atoms with E-state index in [1.54, 1.807) is 0 Å². The first kappa shape index (κ1) is 16.9. The van der Waals surface area contributed by atoms with Gasteiger partial charge in [0.2, 0.25) is 0 Å². The number of halogens is 2. The zero-order chi connectivity index (χ0) is 17.2. The predicted octanol–water partition coefficient (Wildman–Crippen LogP) is 7.46. The molecule has 0 spiro atoms. The quantitative estimate of drug-likeness (QED) is 0.412. The molecule has 1 atom stereocenters. The maximum absolute atomic E-state index is 6.07. The van der Waals surface area contributed by atoms with Crippen LogP contribution in [0.25, 0.3) is 0 Å². The largest absolute Gasteiger partial charge is 0.252 e. The highest BCUT2D eigenvalue weighted by atomic mass is 79.9. The van der Waals surface area contributed by atoms with Crippen LogP contribution in [0.2, 0.25) is 5.02 Å². The highest BCUT2D eigenvalue weighted by Crippen LogP contribution is 2.45. The number of nitrogens with zero attached hydrogens (tertiary/aromatic N) is 1. The van der Waals surface area contributed by atoms with E-state index in [9.17, 15) is 0 Å². The molecule has 0 saturated heterocycles. The lowest BCUT2D eigenvalue weighted by atomic mass is 10.0. The summed E-state index contributed by atoms with van der Waals surface area (Å²) in [6.45, 7) is 0. The number of hydrogen-bond acceptors (Lipinski definition) is 2. The molecule has 0 aliphatic carbocycles. The van der Waals surface area contributed by atoms with Crippen LogP contribution in [0.1, 0.15) is 22.8 Å². The SMILES string of the molecule is Clc1ccc(C2CC(c3ccc(Br)cc3)=Nc3ccccc3S2)cc1. The molecule has 4 rings (SSSR count). The zero-order valence-corrected chi connectivity index (χ0v) is 16.5. The Morgan fingerprint density at radius 2 is 1.64 bits per heavy atom. The zero-order valence-electron chi connectivity index (χ0n) is 13.3. The molecule has 0 radical (unpaired) electrons. The summed E-state index contributed by atoms with van der Waals surface area (Å²) in [7, 11) is 0. The standard InChI is InChI=1S/C21H15BrClNS/c22-16-9-5-14(6-10-16)19-13-21(15-7-11-17(23)12-8-15)25-20-4-2-1-3-18(20)24-19/h1-12,21H,13H2. The molecule has 0 bridgehead atoms. The van der Waals surface area contributed by atoms with E-state index in [2.05, 4.69) is 70.5 Å². The molecule has 0 aromatic heterocycles. The van der Waals surface area contributed by atoms with Crippen LogP contribution in [-0.2, 0) is 0 Å². The van der Waals surface area contributed by atoms with Gasteiger partial charge in [0, 0.05) is 31.8 Å². The van der Waals surface area contributed by atoms with Crippen LogP contribution in [0.4, 0.5) is 5.69 Å². The van der Waals surface area contributed by atoms with Gasteiger partial charge in [-0.15, -0.1) is 11.8 Å². The fourth-order valence-corrected chi connectivity index (χ4v) is 4.52. The molecule has 3 aromatic rings. The molecule has 1 aliphatic heterocycles. The number of para-hydroxylation sites is 1. The molecule has 1 aliphatic rings. The smallest absolute Gasteiger partial charge is 0.0769 e. The Balaban J connectivity index is 1.78. The van der Waals surface area contributed by atoms with Crippen LogP contribution in [0.15, 0.2) is 87.2 Å². The van der Waals surface area contributed by atoms with Crippen LogP contribution in [0.3, 0.4) is 0 Å². The minimum atomic E-state index is 0.309. The molecule has 124 valence electrons. The Morgan fingerprint density at radius 3 is 2.40 bits per heavy atom. The van der Waals surface area contributed by atoms with Gasteiger partial charge in [-0.25, -0.2) is 0 Å². The fourth-order valence-electron chi connectivity index (χ4n) is 2.90. The summed E-state index contributed by atoms with van der Waals surface area (Å²) in [6.07, 6.45) is 0.878. The summed E-state index contributed by atoms with van der Waals surface area (Å²) in [5.41, 5.74) is 4.60. The third-order valence-electron chi connectivity index (χ3n) is 4.19. The molecule has 1 unspecified atom stereocenters. The summed E-state index contributed by atoms with van der Waals surface area (Å²) in [4.78, 5) is 6.20. The lowest BCUT2D eigenvalue weighted by Gasteiger charge is -2.16. The predicted molar refractivity (Wildman–Crippen MR) is 111 cm³/mol. The Bertz CT molecular complexity index is 919. The van der Waals surface area contributed by atoms with Crippen molar-refractivity contribution >= 4 is 50.7 Å². The van der Waals surface area contributed by atoms with Crippen LogP contribution in [0.5, 0.6) is 0 Å². The highest BCUT2D eigenvalue weighted by Gasteiger charge is 2.22. The molecule has 25 heavy (non-hydrogen) atoms. The minimum Gasteiger partial charge on any atom is -0.252 e. The van der Waals surface area contributed by atoms with Crippen LogP contribution in [-0.4, -0.2) is 5.71 Å². The first-order chi connectivity index (χ1) is 12.2. The van der Waals surface area contributed by atoms with Crippen molar-refractivity contribution in [3.8, 4) is 0 Å². The third-order valence-corrected chi connectivity index (χ3v) is 6.29. The molecule has 0 N–H and O–H groups in total. The second kappa shape index (κ2) is 7.36. The van der Waals surface area contributed by atoms with Crippen molar-refractivity contribution in [1.82, 2.24) is 0 Å². The van der Waals surface area contributed by atoms with Crippen molar-refractivity contribution in [3.05, 3.63) is 93.4 Å². The highest BCUT2D eigenvalue weighted by molar-refractivity contribution is 9.10. The van der Waals surface area contributed by atoms with E-state index in [0.717, 1.165) is 27.3 Å². The Labute approximate surface area is 165 Å². The van der Waals surface area contributed by atoms with Crippen LogP contribution in [0, 0.1) is 0 Å². The van der Waals surface area contributed by atoms with Gasteiger partial charge >= 0.3 is 0 Å². The van der Waals surface area contributed by atoms with E-state index in [1.165, 1.54) is 16.0 Å². The second-order valence-corrected chi connectivity index (χ2v) is 8.49. The maximum atomic E-state index is 6.07. The molecule has 0 saturated carbocycles. The number of fused-ring (bicyclic) bond motifs is 1. The molecular weight excluding hydrogens is 414 g/mol. The van der Waals surface area contributed by atoms with E-state index in [1.807, 2.05) is 30.0 Å². The molecular formula is C21H15BrClNS. The van der Waals surface area contributed by atoms with Gasteiger partial charge in [-0.1, -0.05) is 63.9 Å². The molecule has 0 amide bonds. The van der Waals surface area contributed by atoms with Gasteiger partial charge in [0.25, 0.3) is 0 Å². The first-order valence-electron chi connectivity index (χ1n) is 8.04. The second-order valence-electron chi connectivity index (χ2n) is 5.90. The van der Waals surface area contributed by atoms with E-state index in [-0.39, 0.29) is 0 Å². The van der Waals surface area contributed by atoms with Gasteiger partial charge < -0.3 is 0 Å². The normalized spacial score (nSPS) is 16.7. The molecule has 4 heteroatoms. The van der Waals surface area contributed by atoms with Crippen LogP contribution >= 0.6 is 39.3 Å². The van der Waals surface area contributed by atoms with E-state index in [0.29, 0.717) is 5.25 Å². The molecule has 0 fully saturated rings. The number of aliphatic imine (C=N–C) groups is 1. The van der Waals surface area contributed by atoms with Crippen molar-refractivity contribution in [2.75, 3.05) is 0 Å². The number of benzene rings is 3. The van der Waals surface area contributed by atoms with E-state index in [4.69, 9.17) is 16.6 Å². The average molecular weight is 429 g/mol. The Hall–Kier alpha value is -1.55. The number of rotatable bonds is 2. The van der Waals surface area contributed by atoms with Crippen molar-refractivity contribution in [2.45, 2.75) is 16.6 Å². The van der Waals surface area contributed by atoms with E-state index < -0.39 is 0 Å². The Kier molecular flexibility index (Phi) is 4.98. The van der Waals surface area contributed by atoms with Gasteiger partial charge in [-0.05, 0) is 47.5 Å². The fraction of sp³-hybridized carbons (Fsp3) is 0.0952. The van der Waals surface area contributed by atoms with Gasteiger partial charge in [0.1, 0.15) is 0 Å². The molecule has 1 heterocycles. The number of hydrogen-bond donors (Lipinski definition) is 0. The van der Waals surface area contributed by atoms with Crippen molar-refractivity contribution < 1.29 is 0 Å². The lowest BCUT2D eigenvalue weighted by Crippen LogP contribution is -2.05. The Morgan fingerprint density at radius 1 is 0.920 bits per heavy atom. The minimum absolute atomic E-state index is 0.309. The summed E-state index contributed by atoms with van der Waals surface area (Å²) in [5.74, 6) is 0. The van der Waals surface area contributed by atoms with Gasteiger partial charge in [0.05, 0.1) is 5.69 Å². The maximum Gasteiger partial charge on any atom is 0.0769 e. The van der Waals surface area contributed by atoms with Gasteiger partial charge in [-0.2, -0.15) is 0 Å². The van der Waals surface area contributed by atoms with Crippen LogP contribution < -0.4 is 0 Å². The average Bonchev–Trinajstić information content (AvgIpc) is 2.82. The van der Waals surface area contributed by atoms with Gasteiger partial charge in [-0.3, -0.25) is 4.99 Å². The van der Waals surface area contributed by atoms with Crippen molar-refractivity contribution in [3.63, 3.8) is 0 Å². The third kappa shape index (κ3) is 3.84. The summed E-state index contributed by atoms with van der Waals surface area (Å²) < 4.78 is 1.08. The summed E-state index contributed by atoms with van der Waals surface area (Å²) in [5, 5.41) is 1.08. The van der Waals surface area contributed by atoms with Gasteiger partial charge in [0.15, 0.2) is 0 Å². The summed E-state index contributed by atoms with van der Waals surface area (Å²) >= 11 is 11.4. The monoisotopic (exact) mass is 427 g/mol. The summed E-state index contributed by atoms with van der Waals surface area (Å²) in [6, 6.07) is 24.9. The van der Waals surface area contributed by atoms with E-state index >= 15 is 0 Å². The number of thioether (sulfide) groups is 1. The topological polar surface area (TPSA) is 12.4 Å². The molecule has 1 nitrogen and oxygen atoms in total.